The fourth-order valence-corrected chi connectivity index (χ4v) is 3.76. The predicted octanol–water partition coefficient (Wildman–Crippen LogP) is 2.52. The van der Waals surface area contributed by atoms with Crippen molar-refractivity contribution < 1.29 is 8.42 Å². The fourth-order valence-electron chi connectivity index (χ4n) is 2.46. The molecular weight excluding hydrogens is 272 g/mol. The van der Waals surface area contributed by atoms with Crippen LogP contribution in [0.5, 0.6) is 0 Å². The van der Waals surface area contributed by atoms with E-state index in [1.165, 1.54) is 10.7 Å². The second kappa shape index (κ2) is 6.24. The van der Waals surface area contributed by atoms with Gasteiger partial charge in [-0.1, -0.05) is 25.5 Å². The second-order valence-corrected chi connectivity index (χ2v) is 7.71. The van der Waals surface area contributed by atoms with Crippen molar-refractivity contribution in [2.75, 3.05) is 13.6 Å². The number of hydrogen-bond acceptors (Lipinski definition) is 3. The van der Waals surface area contributed by atoms with Gasteiger partial charge in [-0.15, -0.1) is 0 Å². The molecule has 1 aliphatic carbocycles. The van der Waals surface area contributed by atoms with Crippen LogP contribution >= 0.6 is 0 Å². The minimum absolute atomic E-state index is 0.109. The molecule has 4 nitrogen and oxygen atoms in total. The molecule has 2 N–H and O–H groups in total. The van der Waals surface area contributed by atoms with E-state index in [0.29, 0.717) is 17.4 Å². The molecule has 1 atom stereocenters. The average Bonchev–Trinajstić information content (AvgIpc) is 2.41. The van der Waals surface area contributed by atoms with E-state index in [1.54, 1.807) is 25.2 Å². The van der Waals surface area contributed by atoms with Crippen molar-refractivity contribution >= 4 is 10.0 Å². The highest BCUT2D eigenvalue weighted by Gasteiger charge is 2.27. The monoisotopic (exact) mass is 296 g/mol. The Morgan fingerprint density at radius 1 is 1.40 bits per heavy atom. The van der Waals surface area contributed by atoms with E-state index < -0.39 is 10.0 Å². The van der Waals surface area contributed by atoms with Gasteiger partial charge in [0, 0.05) is 19.6 Å². The summed E-state index contributed by atoms with van der Waals surface area (Å²) in [5.74, 6) is 0.524. The van der Waals surface area contributed by atoms with Crippen LogP contribution in [0.4, 0.5) is 0 Å². The number of hydrogen-bond donors (Lipinski definition) is 1. The van der Waals surface area contributed by atoms with E-state index in [-0.39, 0.29) is 6.04 Å². The molecule has 0 heterocycles. The van der Waals surface area contributed by atoms with Crippen molar-refractivity contribution in [2.45, 2.75) is 43.5 Å². The highest BCUT2D eigenvalue weighted by Crippen LogP contribution is 2.29. The zero-order valence-electron chi connectivity index (χ0n) is 12.2. The number of benzene rings is 1. The number of nitrogens with two attached hydrogens (primary N) is 1. The summed E-state index contributed by atoms with van der Waals surface area (Å²) in [6, 6.07) is 6.91. The molecule has 0 spiro atoms. The van der Waals surface area contributed by atoms with Crippen LogP contribution in [0.25, 0.3) is 0 Å². The maximum Gasteiger partial charge on any atom is 0.242 e. The third-order valence-corrected chi connectivity index (χ3v) is 5.99. The van der Waals surface area contributed by atoms with Crippen molar-refractivity contribution in [1.29, 1.82) is 0 Å². The van der Waals surface area contributed by atoms with Gasteiger partial charge in [-0.2, -0.15) is 0 Å². The standard InChI is InChI=1S/C15H24N2O2S/c1-3-15(16)13-8-5-9-14(10-13)20(18,19)17(2)11-12-6-4-7-12/h5,8-10,12,15H,3-4,6-7,11,16H2,1-2H3. The van der Waals surface area contributed by atoms with Gasteiger partial charge in [0.05, 0.1) is 4.90 Å². The quantitative estimate of drug-likeness (QED) is 0.877. The lowest BCUT2D eigenvalue weighted by molar-refractivity contribution is 0.263. The summed E-state index contributed by atoms with van der Waals surface area (Å²) < 4.78 is 26.6. The highest BCUT2D eigenvalue weighted by molar-refractivity contribution is 7.89. The van der Waals surface area contributed by atoms with Gasteiger partial charge in [-0.05, 0) is 42.9 Å². The molecule has 0 aliphatic heterocycles. The number of nitrogens with zero attached hydrogens (tertiary/aromatic N) is 1. The Kier molecular flexibility index (Phi) is 4.83. The smallest absolute Gasteiger partial charge is 0.242 e. The molecule has 1 aliphatic rings. The van der Waals surface area contributed by atoms with Crippen molar-refractivity contribution in [1.82, 2.24) is 4.31 Å². The first-order valence-corrected chi connectivity index (χ1v) is 8.71. The van der Waals surface area contributed by atoms with E-state index in [1.807, 2.05) is 13.0 Å². The molecule has 1 saturated carbocycles. The molecule has 0 bridgehead atoms. The average molecular weight is 296 g/mol. The molecule has 112 valence electrons. The maximum absolute atomic E-state index is 12.6. The van der Waals surface area contributed by atoms with Crippen molar-refractivity contribution in [3.8, 4) is 0 Å². The third-order valence-electron chi connectivity index (χ3n) is 4.17. The van der Waals surface area contributed by atoms with Crippen LogP contribution in [-0.4, -0.2) is 26.3 Å². The molecule has 1 aromatic carbocycles. The lowest BCUT2D eigenvalue weighted by atomic mass is 9.86. The molecular formula is C15H24N2O2S. The van der Waals surface area contributed by atoms with E-state index in [0.717, 1.165) is 24.8 Å². The maximum atomic E-state index is 12.6. The Hall–Kier alpha value is -0.910. The third kappa shape index (κ3) is 3.22. The van der Waals surface area contributed by atoms with Gasteiger partial charge in [0.1, 0.15) is 0 Å². The topological polar surface area (TPSA) is 63.4 Å². The molecule has 20 heavy (non-hydrogen) atoms. The van der Waals surface area contributed by atoms with Gasteiger partial charge in [0.15, 0.2) is 0 Å². The van der Waals surface area contributed by atoms with Crippen LogP contribution in [0, 0.1) is 5.92 Å². The molecule has 0 radical (unpaired) electrons. The fraction of sp³-hybridized carbons (Fsp3) is 0.600. The summed E-state index contributed by atoms with van der Waals surface area (Å²) in [7, 11) is -1.73. The molecule has 1 aromatic rings. The van der Waals surface area contributed by atoms with Gasteiger partial charge in [-0.25, -0.2) is 12.7 Å². The summed E-state index contributed by atoms with van der Waals surface area (Å²) in [6.45, 7) is 2.61. The minimum Gasteiger partial charge on any atom is -0.324 e. The second-order valence-electron chi connectivity index (χ2n) is 5.67. The Morgan fingerprint density at radius 2 is 2.10 bits per heavy atom. The van der Waals surface area contributed by atoms with E-state index in [9.17, 15) is 8.42 Å². The van der Waals surface area contributed by atoms with Gasteiger partial charge in [0.2, 0.25) is 10.0 Å². The molecule has 5 heteroatoms. The van der Waals surface area contributed by atoms with Gasteiger partial charge < -0.3 is 5.73 Å². The summed E-state index contributed by atoms with van der Waals surface area (Å²) in [4.78, 5) is 0.348. The van der Waals surface area contributed by atoms with E-state index in [4.69, 9.17) is 5.73 Å². The Morgan fingerprint density at radius 3 is 2.65 bits per heavy atom. The molecule has 0 saturated heterocycles. The summed E-state index contributed by atoms with van der Waals surface area (Å²) in [6.07, 6.45) is 4.29. The summed E-state index contributed by atoms with van der Waals surface area (Å²) in [5, 5.41) is 0. The lowest BCUT2D eigenvalue weighted by Crippen LogP contribution is -2.34. The zero-order valence-corrected chi connectivity index (χ0v) is 13.1. The molecule has 2 rings (SSSR count). The van der Waals surface area contributed by atoms with Crippen molar-refractivity contribution in [3.05, 3.63) is 29.8 Å². The first kappa shape index (κ1) is 15.5. The van der Waals surface area contributed by atoms with Crippen molar-refractivity contribution in [3.63, 3.8) is 0 Å². The zero-order chi connectivity index (χ0) is 14.8. The van der Waals surface area contributed by atoms with Crippen LogP contribution in [0.15, 0.2) is 29.2 Å². The largest absolute Gasteiger partial charge is 0.324 e. The van der Waals surface area contributed by atoms with Gasteiger partial charge in [-0.3, -0.25) is 0 Å². The van der Waals surface area contributed by atoms with Gasteiger partial charge in [0.25, 0.3) is 0 Å². The van der Waals surface area contributed by atoms with Crippen LogP contribution in [-0.2, 0) is 10.0 Å². The minimum atomic E-state index is -3.40. The Labute approximate surface area is 122 Å². The Bertz CT molecular complexity index is 553. The first-order valence-electron chi connectivity index (χ1n) is 7.27. The van der Waals surface area contributed by atoms with Crippen LogP contribution in [0.1, 0.15) is 44.2 Å². The molecule has 1 unspecified atom stereocenters. The Balaban J connectivity index is 2.19. The molecule has 0 amide bonds. The normalized spacial score (nSPS) is 18.0. The van der Waals surface area contributed by atoms with Crippen LogP contribution in [0.2, 0.25) is 0 Å². The van der Waals surface area contributed by atoms with Crippen molar-refractivity contribution in [2.24, 2.45) is 11.7 Å². The van der Waals surface area contributed by atoms with Crippen LogP contribution in [0.3, 0.4) is 0 Å². The SMILES string of the molecule is CCC(N)c1cccc(S(=O)(=O)N(C)CC2CCC2)c1. The van der Waals surface area contributed by atoms with Crippen LogP contribution < -0.4 is 5.73 Å². The summed E-state index contributed by atoms with van der Waals surface area (Å²) in [5.41, 5.74) is 6.87. The molecule has 1 fully saturated rings. The van der Waals surface area contributed by atoms with Gasteiger partial charge >= 0.3 is 0 Å². The van der Waals surface area contributed by atoms with E-state index in [2.05, 4.69) is 0 Å². The highest BCUT2D eigenvalue weighted by atomic mass is 32.2. The summed E-state index contributed by atoms with van der Waals surface area (Å²) >= 11 is 0. The number of rotatable bonds is 6. The number of sulfonamides is 1. The lowest BCUT2D eigenvalue weighted by Gasteiger charge is -2.29. The first-order chi connectivity index (χ1) is 9.45. The van der Waals surface area contributed by atoms with E-state index >= 15 is 0 Å². The molecule has 0 aromatic heterocycles. The predicted molar refractivity (Wildman–Crippen MR) is 80.8 cm³/mol.